The van der Waals surface area contributed by atoms with E-state index in [2.05, 4.69) is 46.1 Å². The smallest absolute Gasteiger partial charge is 0.139 e. The van der Waals surface area contributed by atoms with Crippen LogP contribution in [0.4, 0.5) is 0 Å². The van der Waals surface area contributed by atoms with E-state index < -0.39 is 0 Å². The molecular weight excluding hydrogens is 246 g/mol. The molecule has 0 amide bonds. The quantitative estimate of drug-likeness (QED) is 0.559. The normalized spacial score (nSPS) is 11.2. The van der Waals surface area contributed by atoms with Crippen LogP contribution >= 0.6 is 0 Å². The zero-order valence-electron chi connectivity index (χ0n) is 11.1. The van der Waals surface area contributed by atoms with Crippen molar-refractivity contribution in [1.82, 2.24) is 15.0 Å². The highest BCUT2D eigenvalue weighted by Crippen LogP contribution is 2.30. The summed E-state index contributed by atoms with van der Waals surface area (Å²) in [5, 5.41) is 1.07. The minimum atomic E-state index is 0.884. The standard InChI is InChI=1S/C17H13N3/c1-11-4-6-12(7-5-11)13-8-10-18-15-14-3-2-9-19-17(14)20-16(13)15/h2-10H,1H3,(H,19,20). The lowest BCUT2D eigenvalue weighted by Crippen LogP contribution is -1.83. The van der Waals surface area contributed by atoms with E-state index in [1.54, 1.807) is 6.20 Å². The van der Waals surface area contributed by atoms with Crippen LogP contribution in [0.1, 0.15) is 5.56 Å². The number of aryl methyl sites for hydroxylation is 1. The van der Waals surface area contributed by atoms with Gasteiger partial charge in [-0.2, -0.15) is 0 Å². The molecule has 0 radical (unpaired) electrons. The van der Waals surface area contributed by atoms with Gasteiger partial charge in [0.25, 0.3) is 0 Å². The zero-order chi connectivity index (χ0) is 13.5. The first-order valence-corrected chi connectivity index (χ1v) is 6.61. The van der Waals surface area contributed by atoms with E-state index in [1.807, 2.05) is 24.4 Å². The van der Waals surface area contributed by atoms with E-state index in [0.29, 0.717) is 0 Å². The third-order valence-corrected chi connectivity index (χ3v) is 3.62. The van der Waals surface area contributed by atoms with Crippen molar-refractivity contribution in [1.29, 1.82) is 0 Å². The summed E-state index contributed by atoms with van der Waals surface area (Å²) >= 11 is 0. The van der Waals surface area contributed by atoms with Crippen LogP contribution in [-0.2, 0) is 0 Å². The Morgan fingerprint density at radius 2 is 1.75 bits per heavy atom. The average molecular weight is 259 g/mol. The number of fused-ring (bicyclic) bond motifs is 3. The number of aromatic nitrogens is 3. The summed E-state index contributed by atoms with van der Waals surface area (Å²) in [6.07, 6.45) is 3.65. The predicted octanol–water partition coefficient (Wildman–Crippen LogP) is 4.09. The lowest BCUT2D eigenvalue weighted by atomic mass is 10.0. The highest BCUT2D eigenvalue weighted by Gasteiger charge is 2.10. The Hall–Kier alpha value is -2.68. The summed E-state index contributed by atoms with van der Waals surface area (Å²) in [6.45, 7) is 2.10. The molecule has 1 aromatic carbocycles. The number of rotatable bonds is 1. The highest BCUT2D eigenvalue weighted by molar-refractivity contribution is 6.08. The van der Waals surface area contributed by atoms with Crippen LogP contribution in [0.15, 0.2) is 54.9 Å². The molecule has 0 atom stereocenters. The number of pyridine rings is 2. The van der Waals surface area contributed by atoms with E-state index >= 15 is 0 Å². The van der Waals surface area contributed by atoms with E-state index in [9.17, 15) is 0 Å². The molecule has 3 aromatic heterocycles. The SMILES string of the molecule is Cc1ccc(-c2ccnc3c2[nH]c2ncccc23)cc1. The van der Waals surface area contributed by atoms with Gasteiger partial charge >= 0.3 is 0 Å². The molecule has 0 spiro atoms. The average Bonchev–Trinajstić information content (AvgIpc) is 2.87. The van der Waals surface area contributed by atoms with Crippen LogP contribution in [0.3, 0.4) is 0 Å². The molecule has 0 unspecified atom stereocenters. The maximum Gasteiger partial charge on any atom is 0.139 e. The summed E-state index contributed by atoms with van der Waals surface area (Å²) in [7, 11) is 0. The van der Waals surface area contributed by atoms with Crippen molar-refractivity contribution in [2.24, 2.45) is 0 Å². The van der Waals surface area contributed by atoms with Gasteiger partial charge < -0.3 is 4.98 Å². The number of nitrogens with zero attached hydrogens (tertiary/aromatic N) is 2. The Bertz CT molecular complexity index is 904. The molecular formula is C17H13N3. The van der Waals surface area contributed by atoms with Crippen LogP contribution in [-0.4, -0.2) is 15.0 Å². The van der Waals surface area contributed by atoms with Crippen molar-refractivity contribution in [3.05, 3.63) is 60.4 Å². The van der Waals surface area contributed by atoms with Gasteiger partial charge in [0.15, 0.2) is 0 Å². The minimum absolute atomic E-state index is 0.884. The van der Waals surface area contributed by atoms with Crippen molar-refractivity contribution in [3.8, 4) is 11.1 Å². The zero-order valence-corrected chi connectivity index (χ0v) is 11.1. The van der Waals surface area contributed by atoms with Crippen molar-refractivity contribution in [2.45, 2.75) is 6.92 Å². The summed E-state index contributed by atoms with van der Waals surface area (Å²) < 4.78 is 0. The summed E-state index contributed by atoms with van der Waals surface area (Å²) in [5.74, 6) is 0. The van der Waals surface area contributed by atoms with Gasteiger partial charge in [0.1, 0.15) is 5.65 Å². The van der Waals surface area contributed by atoms with E-state index in [0.717, 1.165) is 27.6 Å². The number of hydrogen-bond donors (Lipinski definition) is 1. The minimum Gasteiger partial charge on any atom is -0.337 e. The van der Waals surface area contributed by atoms with Crippen LogP contribution in [0, 0.1) is 6.92 Å². The molecule has 0 aliphatic heterocycles. The van der Waals surface area contributed by atoms with Gasteiger partial charge in [-0.3, -0.25) is 4.98 Å². The molecule has 4 rings (SSSR count). The van der Waals surface area contributed by atoms with Crippen molar-refractivity contribution in [3.63, 3.8) is 0 Å². The molecule has 4 aromatic rings. The molecule has 20 heavy (non-hydrogen) atoms. The first-order valence-electron chi connectivity index (χ1n) is 6.61. The number of hydrogen-bond acceptors (Lipinski definition) is 2. The third kappa shape index (κ3) is 1.60. The molecule has 0 saturated heterocycles. The lowest BCUT2D eigenvalue weighted by Gasteiger charge is -2.03. The molecule has 3 heteroatoms. The molecule has 0 saturated carbocycles. The second-order valence-corrected chi connectivity index (χ2v) is 4.97. The Morgan fingerprint density at radius 1 is 0.900 bits per heavy atom. The third-order valence-electron chi connectivity index (χ3n) is 3.62. The van der Waals surface area contributed by atoms with Crippen LogP contribution in [0.25, 0.3) is 33.2 Å². The Labute approximate surface area is 116 Å². The van der Waals surface area contributed by atoms with E-state index in [1.165, 1.54) is 11.1 Å². The molecule has 0 aliphatic rings. The number of H-pyrrole nitrogens is 1. The molecule has 3 nitrogen and oxygen atoms in total. The Morgan fingerprint density at radius 3 is 2.60 bits per heavy atom. The predicted molar refractivity (Wildman–Crippen MR) is 81.6 cm³/mol. The maximum absolute atomic E-state index is 4.50. The highest BCUT2D eigenvalue weighted by atomic mass is 14.9. The van der Waals surface area contributed by atoms with Gasteiger partial charge in [0.2, 0.25) is 0 Å². The second kappa shape index (κ2) is 4.17. The monoisotopic (exact) mass is 259 g/mol. The Balaban J connectivity index is 2.07. The van der Waals surface area contributed by atoms with Gasteiger partial charge in [-0.15, -0.1) is 0 Å². The second-order valence-electron chi connectivity index (χ2n) is 4.97. The first kappa shape index (κ1) is 11.2. The summed E-state index contributed by atoms with van der Waals surface area (Å²) in [5.41, 5.74) is 6.52. The number of nitrogens with one attached hydrogen (secondary N) is 1. The van der Waals surface area contributed by atoms with Crippen LogP contribution in [0.5, 0.6) is 0 Å². The molecule has 96 valence electrons. The van der Waals surface area contributed by atoms with Gasteiger partial charge in [-0.25, -0.2) is 4.98 Å². The fourth-order valence-electron chi connectivity index (χ4n) is 2.58. The first-order chi connectivity index (χ1) is 9.83. The summed E-state index contributed by atoms with van der Waals surface area (Å²) in [6, 6.07) is 14.6. The van der Waals surface area contributed by atoms with Crippen LogP contribution < -0.4 is 0 Å². The lowest BCUT2D eigenvalue weighted by molar-refractivity contribution is 1.34. The maximum atomic E-state index is 4.50. The van der Waals surface area contributed by atoms with Gasteiger partial charge in [-0.1, -0.05) is 29.8 Å². The van der Waals surface area contributed by atoms with E-state index in [-0.39, 0.29) is 0 Å². The fraction of sp³-hybridized carbons (Fsp3) is 0.0588. The Kier molecular flexibility index (Phi) is 2.33. The molecule has 0 aliphatic carbocycles. The molecule has 3 heterocycles. The summed E-state index contributed by atoms with van der Waals surface area (Å²) in [4.78, 5) is 12.3. The van der Waals surface area contributed by atoms with Crippen molar-refractivity contribution >= 4 is 22.1 Å². The van der Waals surface area contributed by atoms with Crippen LogP contribution in [0.2, 0.25) is 0 Å². The van der Waals surface area contributed by atoms with Gasteiger partial charge in [-0.05, 0) is 30.7 Å². The molecule has 1 N–H and O–H groups in total. The van der Waals surface area contributed by atoms with Crippen molar-refractivity contribution < 1.29 is 0 Å². The molecule has 0 fully saturated rings. The fourth-order valence-corrected chi connectivity index (χ4v) is 2.58. The van der Waals surface area contributed by atoms with Crippen molar-refractivity contribution in [2.75, 3.05) is 0 Å². The van der Waals surface area contributed by atoms with Gasteiger partial charge in [0, 0.05) is 23.3 Å². The number of benzene rings is 1. The molecule has 0 bridgehead atoms. The largest absolute Gasteiger partial charge is 0.337 e. The van der Waals surface area contributed by atoms with Gasteiger partial charge in [0.05, 0.1) is 11.0 Å². The number of aromatic amines is 1. The topological polar surface area (TPSA) is 41.6 Å². The van der Waals surface area contributed by atoms with E-state index in [4.69, 9.17) is 0 Å².